The van der Waals surface area contributed by atoms with Gasteiger partial charge in [-0.2, -0.15) is 0 Å². The second-order valence-corrected chi connectivity index (χ2v) is 4.00. The van der Waals surface area contributed by atoms with Crippen LogP contribution in [0, 0.1) is 0 Å². The summed E-state index contributed by atoms with van der Waals surface area (Å²) in [4.78, 5) is 16.8. The first-order valence-electron chi connectivity index (χ1n) is 5.40. The molecule has 2 heterocycles. The second-order valence-electron chi connectivity index (χ2n) is 4.00. The molecule has 90 valence electrons. The van der Waals surface area contributed by atoms with Crippen LogP contribution in [0.3, 0.4) is 0 Å². The van der Waals surface area contributed by atoms with Crippen LogP contribution in [0.25, 0.3) is 5.83 Å². The van der Waals surface area contributed by atoms with Crippen molar-refractivity contribution in [1.29, 1.82) is 0 Å². The Balaban J connectivity index is 2.22. The summed E-state index contributed by atoms with van der Waals surface area (Å²) >= 11 is 0. The van der Waals surface area contributed by atoms with E-state index in [4.69, 9.17) is 5.11 Å². The fraction of sp³-hybridized carbons (Fsp3) is 0.333. The van der Waals surface area contributed by atoms with E-state index in [0.29, 0.717) is 24.3 Å². The van der Waals surface area contributed by atoms with Crippen molar-refractivity contribution in [3.63, 3.8) is 0 Å². The molecule has 1 aliphatic heterocycles. The van der Waals surface area contributed by atoms with Crippen molar-refractivity contribution >= 4 is 17.6 Å². The van der Waals surface area contributed by atoms with E-state index in [1.165, 1.54) is 6.20 Å². The van der Waals surface area contributed by atoms with Gasteiger partial charge in [0.1, 0.15) is 17.7 Å². The number of carboxylic acids is 1. The molecule has 0 radical (unpaired) electrons. The van der Waals surface area contributed by atoms with E-state index in [1.807, 2.05) is 0 Å². The predicted molar refractivity (Wildman–Crippen MR) is 62.4 cm³/mol. The average Bonchev–Trinajstić information content (AvgIpc) is 2.78. The van der Waals surface area contributed by atoms with Gasteiger partial charge in [0.05, 0.1) is 0 Å². The molecule has 1 aromatic rings. The van der Waals surface area contributed by atoms with Crippen LogP contribution < -0.4 is 4.90 Å². The zero-order chi connectivity index (χ0) is 12.4. The summed E-state index contributed by atoms with van der Waals surface area (Å²) in [6.45, 7) is 3.85. The molecule has 0 spiro atoms. The number of hydrogen-bond acceptors (Lipinski definition) is 3. The number of hydrogen-bond donors (Lipinski definition) is 1. The Kier molecular flexibility index (Phi) is 3.08. The number of halogens is 1. The molecule has 0 aliphatic carbocycles. The molecule has 0 bridgehead atoms. The second kappa shape index (κ2) is 4.53. The molecule has 1 saturated heterocycles. The molecular weight excluding hydrogens is 223 g/mol. The Hall–Kier alpha value is -1.91. The molecule has 0 amide bonds. The summed E-state index contributed by atoms with van der Waals surface area (Å²) in [5, 5.41) is 9.04. The lowest BCUT2D eigenvalue weighted by Gasteiger charge is -2.22. The van der Waals surface area contributed by atoms with E-state index in [9.17, 15) is 9.18 Å². The maximum Gasteiger partial charge on any atom is 0.326 e. The number of rotatable bonds is 3. The van der Waals surface area contributed by atoms with Crippen LogP contribution in [0.2, 0.25) is 0 Å². The van der Waals surface area contributed by atoms with Gasteiger partial charge >= 0.3 is 5.97 Å². The third-order valence-corrected chi connectivity index (χ3v) is 2.89. The predicted octanol–water partition coefficient (Wildman–Crippen LogP) is 2.08. The molecule has 0 saturated carbocycles. The molecule has 1 N–H and O–H groups in total. The van der Waals surface area contributed by atoms with Crippen LogP contribution in [0.1, 0.15) is 18.4 Å². The van der Waals surface area contributed by atoms with Crippen molar-refractivity contribution in [3.8, 4) is 0 Å². The minimum atomic E-state index is -0.844. The minimum Gasteiger partial charge on any atom is -0.480 e. The zero-order valence-electron chi connectivity index (χ0n) is 9.27. The van der Waals surface area contributed by atoms with E-state index in [2.05, 4.69) is 11.6 Å². The standard InChI is InChI=1S/C12H13FN2O2/c1-8(13)9-4-5-11(14-7-9)15-6-2-3-10(15)12(16)17/h4-5,7,10H,1-3,6H2,(H,16,17). The van der Waals surface area contributed by atoms with E-state index in [1.54, 1.807) is 17.0 Å². The third-order valence-electron chi connectivity index (χ3n) is 2.89. The first kappa shape index (κ1) is 11.6. The number of aromatic nitrogens is 1. The first-order valence-corrected chi connectivity index (χ1v) is 5.40. The van der Waals surface area contributed by atoms with Gasteiger partial charge in [-0.25, -0.2) is 14.2 Å². The molecule has 1 aromatic heterocycles. The quantitative estimate of drug-likeness (QED) is 0.872. The summed E-state index contributed by atoms with van der Waals surface area (Å²) < 4.78 is 12.8. The van der Waals surface area contributed by atoms with Crippen molar-refractivity contribution in [2.24, 2.45) is 0 Å². The van der Waals surface area contributed by atoms with Gasteiger partial charge in [-0.1, -0.05) is 6.58 Å². The van der Waals surface area contributed by atoms with Crippen molar-refractivity contribution in [3.05, 3.63) is 30.5 Å². The molecule has 1 fully saturated rings. The number of anilines is 1. The van der Waals surface area contributed by atoms with Gasteiger partial charge in [0, 0.05) is 18.3 Å². The largest absolute Gasteiger partial charge is 0.480 e. The zero-order valence-corrected chi connectivity index (χ0v) is 9.27. The summed E-state index contributed by atoms with van der Waals surface area (Å²) in [6, 6.07) is 2.66. The van der Waals surface area contributed by atoms with Crippen LogP contribution in [-0.4, -0.2) is 28.6 Å². The van der Waals surface area contributed by atoms with Crippen LogP contribution >= 0.6 is 0 Å². The van der Waals surface area contributed by atoms with Crippen LogP contribution in [0.4, 0.5) is 10.2 Å². The number of aliphatic carboxylic acids is 1. The third kappa shape index (κ3) is 2.27. The Morgan fingerprint density at radius 2 is 2.35 bits per heavy atom. The van der Waals surface area contributed by atoms with E-state index in [0.717, 1.165) is 6.42 Å². The lowest BCUT2D eigenvalue weighted by molar-refractivity contribution is -0.138. The molecule has 2 rings (SSSR count). The molecular formula is C12H13FN2O2. The SMILES string of the molecule is C=C(F)c1ccc(N2CCCC2C(=O)O)nc1. The highest BCUT2D eigenvalue weighted by Crippen LogP contribution is 2.25. The van der Waals surface area contributed by atoms with Gasteiger partial charge in [-0.3, -0.25) is 0 Å². The summed E-state index contributed by atoms with van der Waals surface area (Å²) in [5.74, 6) is -0.816. The fourth-order valence-corrected chi connectivity index (χ4v) is 2.01. The lowest BCUT2D eigenvalue weighted by Crippen LogP contribution is -2.36. The van der Waals surface area contributed by atoms with Gasteiger partial charge in [-0.15, -0.1) is 0 Å². The summed E-state index contributed by atoms with van der Waals surface area (Å²) in [6.07, 6.45) is 2.82. The van der Waals surface area contributed by atoms with Gasteiger partial charge in [-0.05, 0) is 25.0 Å². The van der Waals surface area contributed by atoms with Gasteiger partial charge < -0.3 is 10.0 Å². The Bertz CT molecular complexity index is 444. The highest BCUT2D eigenvalue weighted by molar-refractivity contribution is 5.78. The van der Waals surface area contributed by atoms with E-state index >= 15 is 0 Å². The molecule has 17 heavy (non-hydrogen) atoms. The minimum absolute atomic E-state index is 0.319. The van der Waals surface area contributed by atoms with Crippen LogP contribution in [0.5, 0.6) is 0 Å². The molecule has 1 unspecified atom stereocenters. The highest BCUT2D eigenvalue weighted by Gasteiger charge is 2.31. The van der Waals surface area contributed by atoms with Crippen molar-refractivity contribution in [2.45, 2.75) is 18.9 Å². The summed E-state index contributed by atoms with van der Waals surface area (Å²) in [5.41, 5.74) is 0.319. The summed E-state index contributed by atoms with van der Waals surface area (Å²) in [7, 11) is 0. The number of nitrogens with zero attached hydrogens (tertiary/aromatic N) is 2. The van der Waals surface area contributed by atoms with Gasteiger partial charge in [0.15, 0.2) is 0 Å². The number of carbonyl (C=O) groups is 1. The van der Waals surface area contributed by atoms with Crippen LogP contribution in [0.15, 0.2) is 24.9 Å². The Labute approximate surface area is 98.4 Å². The van der Waals surface area contributed by atoms with E-state index in [-0.39, 0.29) is 0 Å². The topological polar surface area (TPSA) is 53.4 Å². The molecule has 0 aromatic carbocycles. The first-order chi connectivity index (χ1) is 8.09. The number of carboxylic acid groups (broad SMARTS) is 1. The van der Waals surface area contributed by atoms with Crippen LogP contribution in [-0.2, 0) is 4.79 Å². The number of pyridine rings is 1. The highest BCUT2D eigenvalue weighted by atomic mass is 19.1. The van der Waals surface area contributed by atoms with Gasteiger partial charge in [0.25, 0.3) is 0 Å². The average molecular weight is 236 g/mol. The molecule has 5 heteroatoms. The maximum atomic E-state index is 12.8. The van der Waals surface area contributed by atoms with Gasteiger partial charge in [0.2, 0.25) is 0 Å². The fourth-order valence-electron chi connectivity index (χ4n) is 2.01. The molecule has 1 atom stereocenters. The Morgan fingerprint density at radius 3 is 2.88 bits per heavy atom. The van der Waals surface area contributed by atoms with Crippen molar-refractivity contribution in [2.75, 3.05) is 11.4 Å². The maximum absolute atomic E-state index is 12.8. The smallest absolute Gasteiger partial charge is 0.326 e. The van der Waals surface area contributed by atoms with E-state index < -0.39 is 17.8 Å². The molecule has 4 nitrogen and oxygen atoms in total. The van der Waals surface area contributed by atoms with Crippen molar-refractivity contribution in [1.82, 2.24) is 4.98 Å². The monoisotopic (exact) mass is 236 g/mol. The molecule has 1 aliphatic rings. The normalized spacial score (nSPS) is 19.4. The Morgan fingerprint density at radius 1 is 1.59 bits per heavy atom. The van der Waals surface area contributed by atoms with Crippen molar-refractivity contribution < 1.29 is 14.3 Å². The lowest BCUT2D eigenvalue weighted by atomic mass is 10.2.